The van der Waals surface area contributed by atoms with Gasteiger partial charge in [0.15, 0.2) is 5.69 Å². The van der Waals surface area contributed by atoms with Crippen molar-refractivity contribution in [3.05, 3.63) is 70.6 Å². The van der Waals surface area contributed by atoms with E-state index in [1.54, 1.807) is 48.5 Å². The Kier molecular flexibility index (Phi) is 5.26. The number of amides is 2. The molecule has 0 aliphatic heterocycles. The van der Waals surface area contributed by atoms with Crippen LogP contribution in [-0.4, -0.2) is 21.6 Å². The van der Waals surface area contributed by atoms with Crippen LogP contribution in [0.2, 0.25) is 0 Å². The molecule has 3 rings (SSSR count). The minimum Gasteiger partial charge on any atom is -0.273 e. The lowest BCUT2D eigenvalue weighted by atomic mass is 9.92. The maximum absolute atomic E-state index is 12.8. The summed E-state index contributed by atoms with van der Waals surface area (Å²) in [5, 5.41) is 5.05. The monoisotopic (exact) mass is 378 g/mol. The molecule has 1 heterocycles. The third-order valence-corrected chi connectivity index (χ3v) is 4.03. The zero-order chi connectivity index (χ0) is 20.3. The van der Waals surface area contributed by atoms with Gasteiger partial charge >= 0.3 is 0 Å². The summed E-state index contributed by atoms with van der Waals surface area (Å²) < 4.78 is 1.19. The summed E-state index contributed by atoms with van der Waals surface area (Å²) in [6.45, 7) is 5.79. The lowest BCUT2D eigenvalue weighted by Gasteiger charge is -2.17. The molecule has 0 aliphatic carbocycles. The molecule has 2 N–H and O–H groups in total. The number of hydrogen-bond donors (Lipinski definition) is 2. The number of fused-ring (bicyclic) bond motifs is 1. The maximum Gasteiger partial charge on any atom is 0.290 e. The Bertz CT molecular complexity index is 1080. The zero-order valence-electron chi connectivity index (χ0n) is 16.0. The van der Waals surface area contributed by atoms with Gasteiger partial charge in [-0.1, -0.05) is 57.2 Å². The lowest BCUT2D eigenvalue weighted by Crippen LogP contribution is -2.43. The van der Waals surface area contributed by atoms with E-state index in [2.05, 4.69) is 16.0 Å². The second kappa shape index (κ2) is 7.64. The van der Waals surface area contributed by atoms with Gasteiger partial charge < -0.3 is 0 Å². The van der Waals surface area contributed by atoms with Gasteiger partial charge in [-0.25, -0.2) is 0 Å². The summed E-state index contributed by atoms with van der Waals surface area (Å²) in [7, 11) is 0. The summed E-state index contributed by atoms with van der Waals surface area (Å²) in [4.78, 5) is 37.5. The highest BCUT2D eigenvalue weighted by atomic mass is 16.2. The van der Waals surface area contributed by atoms with Gasteiger partial charge in [-0.3, -0.25) is 25.2 Å². The number of nitrogens with one attached hydrogen (secondary N) is 2. The number of nitrogens with zero attached hydrogens (tertiary/aromatic N) is 2. The molecule has 28 heavy (non-hydrogen) atoms. The van der Waals surface area contributed by atoms with E-state index in [-0.39, 0.29) is 29.0 Å². The molecule has 2 aromatic carbocycles. The van der Waals surface area contributed by atoms with Gasteiger partial charge in [0.25, 0.3) is 11.5 Å². The number of hydrogen-bond acceptors (Lipinski definition) is 4. The van der Waals surface area contributed by atoms with E-state index in [1.165, 1.54) is 4.68 Å². The Morgan fingerprint density at radius 1 is 0.929 bits per heavy atom. The van der Waals surface area contributed by atoms with Crippen molar-refractivity contribution in [1.82, 2.24) is 20.6 Å². The summed E-state index contributed by atoms with van der Waals surface area (Å²) in [5.41, 5.74) is 4.87. The molecule has 1 aromatic heterocycles. The SMILES string of the molecule is CC(C)(C)CC(=O)NNC(=O)c1nn(-c2ccccc2)c(=O)c2ccccc12. The predicted octanol–water partition coefficient (Wildman–Crippen LogP) is 2.58. The van der Waals surface area contributed by atoms with E-state index in [1.807, 2.05) is 26.8 Å². The van der Waals surface area contributed by atoms with Gasteiger partial charge in [0.1, 0.15) is 0 Å². The Morgan fingerprint density at radius 2 is 1.54 bits per heavy atom. The molecule has 3 aromatic rings. The molecule has 0 bridgehead atoms. The summed E-state index contributed by atoms with van der Waals surface area (Å²) in [6.07, 6.45) is 0.255. The number of carbonyl (C=O) groups is 2. The van der Waals surface area contributed by atoms with Crippen LogP contribution in [0.15, 0.2) is 59.4 Å². The number of hydrazine groups is 1. The molecule has 7 heteroatoms. The van der Waals surface area contributed by atoms with Gasteiger partial charge in [0.2, 0.25) is 5.91 Å². The third-order valence-electron chi connectivity index (χ3n) is 4.03. The Hall–Kier alpha value is -3.48. The molecule has 0 saturated heterocycles. The highest BCUT2D eigenvalue weighted by Crippen LogP contribution is 2.18. The molecule has 0 fully saturated rings. The van der Waals surface area contributed by atoms with Crippen molar-refractivity contribution in [2.75, 3.05) is 0 Å². The first kappa shape index (κ1) is 19.3. The second-order valence-corrected chi connectivity index (χ2v) is 7.69. The largest absolute Gasteiger partial charge is 0.290 e. The molecule has 0 radical (unpaired) electrons. The molecule has 0 saturated carbocycles. The number of rotatable bonds is 3. The van der Waals surface area contributed by atoms with E-state index in [0.717, 1.165) is 0 Å². The van der Waals surface area contributed by atoms with Crippen LogP contribution in [-0.2, 0) is 4.79 Å². The Balaban J connectivity index is 1.98. The maximum atomic E-state index is 12.8. The molecular weight excluding hydrogens is 356 g/mol. The van der Waals surface area contributed by atoms with E-state index in [0.29, 0.717) is 16.5 Å². The van der Waals surface area contributed by atoms with Crippen LogP contribution in [0.1, 0.15) is 37.7 Å². The average Bonchev–Trinajstić information content (AvgIpc) is 2.66. The zero-order valence-corrected chi connectivity index (χ0v) is 16.0. The van der Waals surface area contributed by atoms with Crippen LogP contribution in [0.3, 0.4) is 0 Å². The van der Waals surface area contributed by atoms with E-state index < -0.39 is 5.91 Å². The summed E-state index contributed by atoms with van der Waals surface area (Å²) in [5.74, 6) is -0.898. The normalized spacial score (nSPS) is 11.2. The Labute approximate surface area is 162 Å². The fourth-order valence-corrected chi connectivity index (χ4v) is 2.81. The smallest absolute Gasteiger partial charge is 0.273 e. The molecule has 0 spiro atoms. The van der Waals surface area contributed by atoms with Crippen molar-refractivity contribution in [2.45, 2.75) is 27.2 Å². The fourth-order valence-electron chi connectivity index (χ4n) is 2.81. The molecule has 0 aliphatic rings. The van der Waals surface area contributed by atoms with Gasteiger partial charge in [0.05, 0.1) is 11.1 Å². The molecular formula is C21H22N4O3. The van der Waals surface area contributed by atoms with Gasteiger partial charge in [0, 0.05) is 11.8 Å². The average molecular weight is 378 g/mol. The number of aromatic nitrogens is 2. The van der Waals surface area contributed by atoms with Crippen LogP contribution < -0.4 is 16.4 Å². The first-order valence-electron chi connectivity index (χ1n) is 8.93. The van der Waals surface area contributed by atoms with E-state index >= 15 is 0 Å². The lowest BCUT2D eigenvalue weighted by molar-refractivity contribution is -0.123. The van der Waals surface area contributed by atoms with Gasteiger partial charge in [-0.15, -0.1) is 0 Å². The topological polar surface area (TPSA) is 93.1 Å². The third kappa shape index (κ3) is 4.25. The predicted molar refractivity (Wildman–Crippen MR) is 107 cm³/mol. The first-order chi connectivity index (χ1) is 13.3. The fraction of sp³-hybridized carbons (Fsp3) is 0.238. The second-order valence-electron chi connectivity index (χ2n) is 7.69. The molecule has 144 valence electrons. The highest BCUT2D eigenvalue weighted by Gasteiger charge is 2.20. The van der Waals surface area contributed by atoms with Gasteiger partial charge in [-0.2, -0.15) is 9.78 Å². The van der Waals surface area contributed by atoms with E-state index in [9.17, 15) is 14.4 Å². The van der Waals surface area contributed by atoms with Crippen molar-refractivity contribution in [2.24, 2.45) is 5.41 Å². The molecule has 2 amide bonds. The van der Waals surface area contributed by atoms with E-state index in [4.69, 9.17) is 0 Å². The van der Waals surface area contributed by atoms with Crippen LogP contribution in [0, 0.1) is 5.41 Å². The summed E-state index contributed by atoms with van der Waals surface area (Å²) >= 11 is 0. The van der Waals surface area contributed by atoms with Gasteiger partial charge in [-0.05, 0) is 23.6 Å². The van der Waals surface area contributed by atoms with Crippen molar-refractivity contribution < 1.29 is 9.59 Å². The van der Waals surface area contributed by atoms with Crippen molar-refractivity contribution in [3.63, 3.8) is 0 Å². The minimum absolute atomic E-state index is 0.0510. The quantitative estimate of drug-likeness (QED) is 0.685. The highest BCUT2D eigenvalue weighted by molar-refractivity contribution is 6.05. The van der Waals surface area contributed by atoms with Crippen LogP contribution >= 0.6 is 0 Å². The van der Waals surface area contributed by atoms with Crippen LogP contribution in [0.4, 0.5) is 0 Å². The molecule has 0 atom stereocenters. The van der Waals surface area contributed by atoms with Crippen LogP contribution in [0.25, 0.3) is 16.5 Å². The Morgan fingerprint density at radius 3 is 2.18 bits per heavy atom. The molecule has 0 unspecified atom stereocenters. The van der Waals surface area contributed by atoms with Crippen LogP contribution in [0.5, 0.6) is 0 Å². The minimum atomic E-state index is -0.594. The number of carbonyl (C=O) groups excluding carboxylic acids is 2. The first-order valence-corrected chi connectivity index (χ1v) is 8.93. The molecule has 7 nitrogen and oxygen atoms in total. The standard InChI is InChI=1S/C21H22N4O3/c1-21(2,3)13-17(26)22-23-19(27)18-15-11-7-8-12-16(15)20(28)25(24-18)14-9-5-4-6-10-14/h4-12H,13H2,1-3H3,(H,22,26)(H,23,27). The number of para-hydroxylation sites is 1. The summed E-state index contributed by atoms with van der Waals surface area (Å²) in [6, 6.07) is 15.6. The van der Waals surface area contributed by atoms with Crippen molar-refractivity contribution in [3.8, 4) is 5.69 Å². The van der Waals surface area contributed by atoms with Crippen molar-refractivity contribution in [1.29, 1.82) is 0 Å². The number of benzene rings is 2. The van der Waals surface area contributed by atoms with Crippen molar-refractivity contribution >= 4 is 22.6 Å².